The summed E-state index contributed by atoms with van der Waals surface area (Å²) in [5.41, 5.74) is 5.16. The van der Waals surface area contributed by atoms with Gasteiger partial charge in [0.05, 0.1) is 10.9 Å². The summed E-state index contributed by atoms with van der Waals surface area (Å²) >= 11 is 2.29. The van der Waals surface area contributed by atoms with Gasteiger partial charge >= 0.3 is 6.03 Å². The number of rotatable bonds is 5. The number of nitrogens with one attached hydrogen (secondary N) is 2. The van der Waals surface area contributed by atoms with Crippen LogP contribution in [0.4, 0.5) is 20.0 Å². The van der Waals surface area contributed by atoms with E-state index in [0.29, 0.717) is 9.47 Å². The highest BCUT2D eigenvalue weighted by molar-refractivity contribution is 8.02. The van der Waals surface area contributed by atoms with Crippen LogP contribution in [0.3, 0.4) is 0 Å². The molecule has 0 saturated heterocycles. The van der Waals surface area contributed by atoms with E-state index in [4.69, 9.17) is 5.73 Å². The molecule has 22 heavy (non-hydrogen) atoms. The zero-order chi connectivity index (χ0) is 16.1. The maximum Gasteiger partial charge on any atom is 0.318 e. The number of nitrogens with two attached hydrogens (primary N) is 1. The number of halogens is 1. The van der Waals surface area contributed by atoms with Gasteiger partial charge in [0.15, 0.2) is 4.34 Å². The maximum absolute atomic E-state index is 13.5. The van der Waals surface area contributed by atoms with E-state index in [0.717, 1.165) is 11.8 Å². The van der Waals surface area contributed by atoms with Gasteiger partial charge in [0.1, 0.15) is 5.82 Å². The Morgan fingerprint density at radius 1 is 1.36 bits per heavy atom. The molecule has 0 fully saturated rings. The molecule has 7 nitrogen and oxygen atoms in total. The van der Waals surface area contributed by atoms with Crippen LogP contribution in [-0.4, -0.2) is 27.4 Å². The molecule has 1 atom stereocenters. The summed E-state index contributed by atoms with van der Waals surface area (Å²) in [6, 6.07) is 5.28. The minimum atomic E-state index is -0.906. The van der Waals surface area contributed by atoms with Crippen molar-refractivity contribution in [1.82, 2.24) is 15.5 Å². The minimum Gasteiger partial charge on any atom is -0.351 e. The molecule has 10 heteroatoms. The summed E-state index contributed by atoms with van der Waals surface area (Å²) in [6.45, 7) is 1.61. The van der Waals surface area contributed by atoms with Crippen LogP contribution in [0.5, 0.6) is 0 Å². The van der Waals surface area contributed by atoms with E-state index >= 15 is 0 Å². The molecular formula is C12H12FN5O2S2. The van der Waals surface area contributed by atoms with Crippen molar-refractivity contribution in [2.45, 2.75) is 16.5 Å². The first-order chi connectivity index (χ1) is 10.5. The van der Waals surface area contributed by atoms with Crippen molar-refractivity contribution in [3.05, 3.63) is 30.1 Å². The van der Waals surface area contributed by atoms with E-state index in [-0.39, 0.29) is 5.69 Å². The van der Waals surface area contributed by atoms with Crippen LogP contribution >= 0.6 is 23.1 Å². The Kier molecular flexibility index (Phi) is 5.28. The van der Waals surface area contributed by atoms with Crippen molar-refractivity contribution in [2.75, 3.05) is 5.32 Å². The number of nitrogens with zero attached hydrogens (tertiary/aromatic N) is 2. The first kappa shape index (κ1) is 16.2. The minimum absolute atomic E-state index is 0.287. The smallest absolute Gasteiger partial charge is 0.318 e. The summed E-state index contributed by atoms with van der Waals surface area (Å²) in [6.07, 6.45) is 0. The van der Waals surface area contributed by atoms with Crippen LogP contribution < -0.4 is 16.4 Å². The molecule has 116 valence electrons. The third-order valence-electron chi connectivity index (χ3n) is 2.42. The lowest BCUT2D eigenvalue weighted by molar-refractivity contribution is -0.119. The third kappa shape index (κ3) is 4.40. The van der Waals surface area contributed by atoms with Crippen LogP contribution in [0, 0.1) is 5.82 Å². The normalized spacial score (nSPS) is 11.7. The van der Waals surface area contributed by atoms with Crippen molar-refractivity contribution < 1.29 is 14.0 Å². The number of anilines is 2. The predicted molar refractivity (Wildman–Crippen MR) is 82.6 cm³/mol. The van der Waals surface area contributed by atoms with Gasteiger partial charge in [0.2, 0.25) is 11.0 Å². The Morgan fingerprint density at radius 3 is 2.77 bits per heavy atom. The number of primary amides is 1. The van der Waals surface area contributed by atoms with E-state index in [1.807, 2.05) is 5.32 Å². The molecule has 3 amide bonds. The van der Waals surface area contributed by atoms with E-state index < -0.39 is 23.0 Å². The van der Waals surface area contributed by atoms with Crippen molar-refractivity contribution in [1.29, 1.82) is 0 Å². The molecule has 1 unspecified atom stereocenters. The van der Waals surface area contributed by atoms with E-state index in [2.05, 4.69) is 15.5 Å². The highest BCUT2D eigenvalue weighted by atomic mass is 32.2. The quantitative estimate of drug-likeness (QED) is 0.718. The van der Waals surface area contributed by atoms with Gasteiger partial charge in [-0.15, -0.1) is 10.2 Å². The van der Waals surface area contributed by atoms with Crippen LogP contribution in [-0.2, 0) is 4.79 Å². The molecule has 0 aliphatic rings. The second-order valence-corrected chi connectivity index (χ2v) is 6.66. The monoisotopic (exact) mass is 341 g/mol. The molecule has 2 aromatic rings. The van der Waals surface area contributed by atoms with E-state index in [9.17, 15) is 14.0 Å². The summed E-state index contributed by atoms with van der Waals surface area (Å²) in [5.74, 6) is -0.919. The average Bonchev–Trinajstić information content (AvgIpc) is 2.88. The van der Waals surface area contributed by atoms with Crippen molar-refractivity contribution in [3.63, 3.8) is 0 Å². The Labute approximate surface area is 133 Å². The molecule has 4 N–H and O–H groups in total. The fourth-order valence-corrected chi connectivity index (χ4v) is 3.32. The molecule has 0 bridgehead atoms. The predicted octanol–water partition coefficient (Wildman–Crippen LogP) is 2.10. The molecule has 1 aromatic heterocycles. The highest BCUT2D eigenvalue weighted by Crippen LogP contribution is 2.30. The summed E-state index contributed by atoms with van der Waals surface area (Å²) in [5, 5.41) is 12.4. The van der Waals surface area contributed by atoms with Crippen LogP contribution in [0.2, 0.25) is 0 Å². The van der Waals surface area contributed by atoms with Gasteiger partial charge in [-0.1, -0.05) is 35.2 Å². The van der Waals surface area contributed by atoms with Crippen LogP contribution in [0.15, 0.2) is 28.6 Å². The zero-order valence-corrected chi connectivity index (χ0v) is 13.0. The fourth-order valence-electron chi connectivity index (χ4n) is 1.41. The lowest BCUT2D eigenvalue weighted by atomic mass is 10.3. The Morgan fingerprint density at radius 2 is 2.09 bits per heavy atom. The molecule has 0 aliphatic heterocycles. The number of hydrogen-bond acceptors (Lipinski definition) is 7. The number of amides is 3. The van der Waals surface area contributed by atoms with Crippen molar-refractivity contribution in [2.24, 2.45) is 5.73 Å². The molecule has 1 heterocycles. The van der Waals surface area contributed by atoms with Gasteiger partial charge in [-0.05, 0) is 19.1 Å². The van der Waals surface area contributed by atoms with Gasteiger partial charge in [0, 0.05) is 0 Å². The number of para-hydroxylation sites is 1. The fraction of sp³-hybridized carbons (Fsp3) is 0.167. The highest BCUT2D eigenvalue weighted by Gasteiger charge is 2.18. The third-order valence-corrected chi connectivity index (χ3v) is 4.44. The van der Waals surface area contributed by atoms with Gasteiger partial charge in [0.25, 0.3) is 0 Å². The number of benzene rings is 1. The number of imide groups is 1. The van der Waals surface area contributed by atoms with Crippen molar-refractivity contribution in [3.8, 4) is 0 Å². The maximum atomic E-state index is 13.5. The average molecular weight is 341 g/mol. The molecule has 0 saturated carbocycles. The van der Waals surface area contributed by atoms with E-state index in [1.54, 1.807) is 25.1 Å². The van der Waals surface area contributed by atoms with Gasteiger partial charge in [-0.2, -0.15) is 0 Å². The number of aromatic nitrogens is 2. The lowest BCUT2D eigenvalue weighted by Crippen LogP contribution is -2.39. The first-order valence-corrected chi connectivity index (χ1v) is 7.77. The first-order valence-electron chi connectivity index (χ1n) is 6.07. The van der Waals surface area contributed by atoms with Crippen LogP contribution in [0.25, 0.3) is 0 Å². The van der Waals surface area contributed by atoms with Gasteiger partial charge < -0.3 is 11.1 Å². The van der Waals surface area contributed by atoms with Crippen LogP contribution in [0.1, 0.15) is 6.92 Å². The molecule has 0 radical (unpaired) electrons. The summed E-state index contributed by atoms with van der Waals surface area (Å²) in [7, 11) is 0. The standard InChI is InChI=1S/C12H12FN5O2S2/c1-6(9(19)16-10(14)20)21-12-18-17-11(22-12)15-8-5-3-2-4-7(8)13/h2-6H,1H3,(H,15,17)(H3,14,16,19,20). The van der Waals surface area contributed by atoms with Crippen molar-refractivity contribution >= 4 is 45.9 Å². The second-order valence-electron chi connectivity index (χ2n) is 4.09. The number of hydrogen-bond donors (Lipinski definition) is 3. The largest absolute Gasteiger partial charge is 0.351 e. The Balaban J connectivity index is 1.98. The number of thioether (sulfide) groups is 1. The zero-order valence-electron chi connectivity index (χ0n) is 11.4. The molecule has 0 spiro atoms. The number of carbonyl (C=O) groups is 2. The molecule has 1 aromatic carbocycles. The summed E-state index contributed by atoms with van der Waals surface area (Å²) in [4.78, 5) is 22.2. The number of carbonyl (C=O) groups excluding carboxylic acids is 2. The Hall–Kier alpha value is -2.20. The number of urea groups is 1. The lowest BCUT2D eigenvalue weighted by Gasteiger charge is -2.06. The summed E-state index contributed by atoms with van der Waals surface area (Å²) < 4.78 is 14.0. The molecule has 2 rings (SSSR count). The van der Waals surface area contributed by atoms with E-state index in [1.165, 1.54) is 17.4 Å². The SMILES string of the molecule is CC(Sc1nnc(Nc2ccccc2F)s1)C(=O)NC(N)=O. The van der Waals surface area contributed by atoms with Gasteiger partial charge in [-0.25, -0.2) is 9.18 Å². The molecular weight excluding hydrogens is 329 g/mol. The second kappa shape index (κ2) is 7.18. The van der Waals surface area contributed by atoms with Gasteiger partial charge in [-0.3, -0.25) is 10.1 Å². The topological polar surface area (TPSA) is 110 Å². The molecule has 0 aliphatic carbocycles. The Bertz CT molecular complexity index is 694.